The Balaban J connectivity index is 0.000000186. The number of para-hydroxylation sites is 2. The van der Waals surface area contributed by atoms with Gasteiger partial charge in [0.25, 0.3) is 0 Å². The highest BCUT2D eigenvalue weighted by atomic mass is 79.9. The van der Waals surface area contributed by atoms with Gasteiger partial charge in [0.1, 0.15) is 0 Å². The molecule has 0 aromatic heterocycles. The van der Waals surface area contributed by atoms with Crippen molar-refractivity contribution in [3.05, 3.63) is 24.3 Å². The highest BCUT2D eigenvalue weighted by Crippen LogP contribution is 2.43. The summed E-state index contributed by atoms with van der Waals surface area (Å²) in [5, 5.41) is 0. The van der Waals surface area contributed by atoms with E-state index in [9.17, 15) is 0 Å². The van der Waals surface area contributed by atoms with Gasteiger partial charge in [0, 0.05) is 0 Å². The molecule has 1 aliphatic rings. The highest BCUT2D eigenvalue weighted by molar-refractivity contribution is 9.08. The molecule has 1 heterocycles. The third-order valence-electron chi connectivity index (χ3n) is 1.03. The van der Waals surface area contributed by atoms with Crippen LogP contribution >= 0.6 is 15.9 Å². The van der Waals surface area contributed by atoms with E-state index in [1.807, 2.05) is 30.1 Å². The SMILES string of the molecule is CBr.c1ccc2c(c1)O2. The van der Waals surface area contributed by atoms with Crippen LogP contribution in [0.1, 0.15) is 0 Å². The lowest BCUT2D eigenvalue weighted by atomic mass is 10.4. The van der Waals surface area contributed by atoms with Gasteiger partial charge in [-0.2, -0.15) is 0 Å². The van der Waals surface area contributed by atoms with Crippen LogP contribution in [0.4, 0.5) is 0 Å². The predicted molar refractivity (Wildman–Crippen MR) is 41.4 cm³/mol. The van der Waals surface area contributed by atoms with Gasteiger partial charge in [-0.05, 0) is 18.0 Å². The Morgan fingerprint density at radius 1 is 1.11 bits per heavy atom. The zero-order valence-corrected chi connectivity index (χ0v) is 6.68. The Labute approximate surface area is 62.8 Å². The summed E-state index contributed by atoms with van der Waals surface area (Å²) in [4.78, 5) is 0. The van der Waals surface area contributed by atoms with Gasteiger partial charge in [-0.15, -0.1) is 0 Å². The van der Waals surface area contributed by atoms with Crippen molar-refractivity contribution in [3.63, 3.8) is 0 Å². The normalized spacial score (nSPS) is 10.0. The quantitative estimate of drug-likeness (QED) is 0.456. The molecule has 0 atom stereocenters. The maximum atomic E-state index is 4.94. The van der Waals surface area contributed by atoms with Crippen molar-refractivity contribution >= 4 is 15.9 Å². The second kappa shape index (κ2) is 2.87. The smallest absolute Gasteiger partial charge is 0.170 e. The molecule has 0 N–H and O–H groups in total. The van der Waals surface area contributed by atoms with Crippen LogP contribution < -0.4 is 4.74 Å². The average Bonchev–Trinajstić information content (AvgIpc) is 2.69. The van der Waals surface area contributed by atoms with Crippen LogP contribution in [0.3, 0.4) is 0 Å². The Kier molecular flexibility index (Phi) is 2.11. The molecular weight excluding hydrogens is 180 g/mol. The van der Waals surface area contributed by atoms with E-state index in [2.05, 4.69) is 15.9 Å². The maximum Gasteiger partial charge on any atom is 0.170 e. The number of ether oxygens (including phenoxy) is 1. The Bertz CT molecular complexity index is 177. The standard InChI is InChI=1S/C6H4O.CH3Br/c1-2-4-6-5(3-1)7-6;1-2/h1-4H;1H3. The minimum Gasteiger partial charge on any atom is -0.450 e. The second-order valence-electron chi connectivity index (χ2n) is 1.55. The van der Waals surface area contributed by atoms with Crippen LogP contribution in [0.5, 0.6) is 11.5 Å². The first-order chi connectivity index (χ1) is 4.47. The average molecular weight is 187 g/mol. The number of alkyl halides is 1. The minimum absolute atomic E-state index is 1.03. The van der Waals surface area contributed by atoms with Gasteiger partial charge < -0.3 is 4.74 Å². The number of rotatable bonds is 0. The lowest BCUT2D eigenvalue weighted by Crippen LogP contribution is -1.37. The van der Waals surface area contributed by atoms with E-state index in [1.165, 1.54) is 0 Å². The van der Waals surface area contributed by atoms with Crippen molar-refractivity contribution in [3.8, 4) is 11.5 Å². The first-order valence-electron chi connectivity index (χ1n) is 2.61. The predicted octanol–water partition coefficient (Wildman–Crippen LogP) is 2.80. The van der Waals surface area contributed by atoms with Crippen molar-refractivity contribution in [2.75, 3.05) is 5.83 Å². The Morgan fingerprint density at radius 3 is 1.89 bits per heavy atom. The molecule has 0 spiro atoms. The van der Waals surface area contributed by atoms with E-state index >= 15 is 0 Å². The van der Waals surface area contributed by atoms with Crippen molar-refractivity contribution in [1.29, 1.82) is 0 Å². The summed E-state index contributed by atoms with van der Waals surface area (Å²) in [5.41, 5.74) is 0. The van der Waals surface area contributed by atoms with E-state index in [0.717, 1.165) is 11.5 Å². The van der Waals surface area contributed by atoms with Gasteiger partial charge in [-0.3, -0.25) is 0 Å². The summed E-state index contributed by atoms with van der Waals surface area (Å²) in [5.74, 6) is 3.87. The van der Waals surface area contributed by atoms with Gasteiger partial charge in [-0.25, -0.2) is 0 Å². The van der Waals surface area contributed by atoms with Crippen molar-refractivity contribution in [2.45, 2.75) is 0 Å². The summed E-state index contributed by atoms with van der Waals surface area (Å²) >= 11 is 2.94. The van der Waals surface area contributed by atoms with Gasteiger partial charge in [-0.1, -0.05) is 28.1 Å². The Hall–Kier alpha value is -0.500. The fourth-order valence-electron chi connectivity index (χ4n) is 0.611. The third-order valence-corrected chi connectivity index (χ3v) is 1.03. The summed E-state index contributed by atoms with van der Waals surface area (Å²) in [6.07, 6.45) is 0. The number of hydrogen-bond donors (Lipinski definition) is 0. The molecule has 1 aliphatic heterocycles. The van der Waals surface area contributed by atoms with Gasteiger partial charge >= 0.3 is 0 Å². The molecule has 48 valence electrons. The molecule has 0 saturated heterocycles. The third kappa shape index (κ3) is 1.45. The van der Waals surface area contributed by atoms with Crippen molar-refractivity contribution < 1.29 is 4.74 Å². The monoisotopic (exact) mass is 186 g/mol. The molecule has 2 heteroatoms. The number of benzene rings is 1. The molecular formula is C7H7BrO. The summed E-state index contributed by atoms with van der Waals surface area (Å²) in [6, 6.07) is 7.84. The zero-order chi connectivity index (χ0) is 6.69. The van der Waals surface area contributed by atoms with Gasteiger partial charge in [0.2, 0.25) is 0 Å². The molecule has 0 radical (unpaired) electrons. The fraction of sp³-hybridized carbons (Fsp3) is 0.143. The van der Waals surface area contributed by atoms with Crippen LogP contribution in [0.15, 0.2) is 24.3 Å². The molecule has 2 rings (SSSR count). The fourth-order valence-corrected chi connectivity index (χ4v) is 0.611. The molecule has 0 saturated carbocycles. The van der Waals surface area contributed by atoms with Gasteiger partial charge in [0.05, 0.1) is 0 Å². The second-order valence-corrected chi connectivity index (χ2v) is 1.55. The molecule has 1 aromatic carbocycles. The molecule has 9 heavy (non-hydrogen) atoms. The van der Waals surface area contributed by atoms with Crippen LogP contribution in [0, 0.1) is 0 Å². The molecule has 0 unspecified atom stereocenters. The molecule has 0 amide bonds. The lowest BCUT2D eigenvalue weighted by Gasteiger charge is -1.61. The summed E-state index contributed by atoms with van der Waals surface area (Å²) in [7, 11) is 0. The topological polar surface area (TPSA) is 12.5 Å². The number of hydrogen-bond acceptors (Lipinski definition) is 1. The molecule has 0 bridgehead atoms. The number of halogens is 1. The van der Waals surface area contributed by atoms with Gasteiger partial charge in [0.15, 0.2) is 11.5 Å². The van der Waals surface area contributed by atoms with E-state index in [1.54, 1.807) is 0 Å². The minimum atomic E-state index is 1.03. The van der Waals surface area contributed by atoms with E-state index in [0.29, 0.717) is 0 Å². The van der Waals surface area contributed by atoms with E-state index < -0.39 is 0 Å². The van der Waals surface area contributed by atoms with E-state index in [4.69, 9.17) is 4.74 Å². The molecule has 1 nitrogen and oxygen atoms in total. The Morgan fingerprint density at radius 2 is 1.56 bits per heavy atom. The zero-order valence-electron chi connectivity index (χ0n) is 5.10. The summed E-state index contributed by atoms with van der Waals surface area (Å²) in [6.45, 7) is 0. The largest absolute Gasteiger partial charge is 0.450 e. The van der Waals surface area contributed by atoms with Crippen LogP contribution in [0.2, 0.25) is 0 Å². The first kappa shape index (κ1) is 6.62. The molecule has 0 fully saturated rings. The van der Waals surface area contributed by atoms with E-state index in [-0.39, 0.29) is 0 Å². The lowest BCUT2D eigenvalue weighted by molar-refractivity contribution is 0.650. The number of fused-ring (bicyclic) bond motifs is 1. The first-order valence-corrected chi connectivity index (χ1v) is 4.20. The maximum absolute atomic E-state index is 4.94. The molecule has 0 aliphatic carbocycles. The van der Waals surface area contributed by atoms with Crippen LogP contribution in [-0.2, 0) is 0 Å². The summed E-state index contributed by atoms with van der Waals surface area (Å²) < 4.78 is 4.94. The molecule has 1 aromatic rings. The highest BCUT2D eigenvalue weighted by Gasteiger charge is 2.15. The van der Waals surface area contributed by atoms with Crippen LogP contribution in [0.25, 0.3) is 0 Å². The van der Waals surface area contributed by atoms with Crippen LogP contribution in [-0.4, -0.2) is 5.83 Å². The van der Waals surface area contributed by atoms with Crippen molar-refractivity contribution in [2.24, 2.45) is 0 Å². The van der Waals surface area contributed by atoms with Crippen molar-refractivity contribution in [1.82, 2.24) is 0 Å².